The van der Waals surface area contributed by atoms with Gasteiger partial charge in [-0.15, -0.1) is 22.7 Å². The molecule has 0 aliphatic rings. The highest BCUT2D eigenvalue weighted by Crippen LogP contribution is 2.34. The third kappa shape index (κ3) is 4.35. The monoisotopic (exact) mass is 598 g/mol. The largest absolute Gasteiger partial charge is 0.248 e. The van der Waals surface area contributed by atoms with E-state index in [1.807, 2.05) is 11.0 Å². The minimum atomic E-state index is 0.963. The fourth-order valence-corrected chi connectivity index (χ4v) is 7.36. The summed E-state index contributed by atoms with van der Waals surface area (Å²) in [6.07, 6.45) is 0. The topological polar surface area (TPSA) is 51.6 Å². The highest BCUT2D eigenvalue weighted by molar-refractivity contribution is 7.17. The Morgan fingerprint density at radius 2 is 0.795 bits per heavy atom. The lowest BCUT2D eigenvalue weighted by Gasteiger charge is -2.10. The van der Waals surface area contributed by atoms with Gasteiger partial charge in [-0.2, -0.15) is 0 Å². The quantitative estimate of drug-likeness (QED) is 0.189. The zero-order chi connectivity index (χ0) is 29.0. The van der Waals surface area contributed by atoms with E-state index in [2.05, 4.69) is 131 Å². The van der Waals surface area contributed by atoms with Crippen molar-refractivity contribution in [2.24, 2.45) is 0 Å². The fraction of sp³-hybridized carbons (Fsp3) is 0. The summed E-state index contributed by atoms with van der Waals surface area (Å²) in [5.41, 5.74) is 14.1. The SMILES string of the molecule is c1cc(-c2ccc3c(ccc4cc(-c5cccc(-c6ccc7ncsc7c6)n5)ccc43)c2)nc(-c2ccc3ncsc3c2)c1. The summed E-state index contributed by atoms with van der Waals surface area (Å²) in [6, 6.07) is 42.9. The zero-order valence-corrected chi connectivity index (χ0v) is 24.9. The summed E-state index contributed by atoms with van der Waals surface area (Å²) in [5, 5.41) is 4.84. The lowest BCUT2D eigenvalue weighted by atomic mass is 9.97. The van der Waals surface area contributed by atoms with Crippen molar-refractivity contribution in [1.29, 1.82) is 0 Å². The van der Waals surface area contributed by atoms with Crippen LogP contribution in [0.4, 0.5) is 0 Å². The van der Waals surface area contributed by atoms with Gasteiger partial charge in [0.05, 0.1) is 54.2 Å². The van der Waals surface area contributed by atoms with Crippen molar-refractivity contribution < 1.29 is 0 Å². The molecule has 0 fully saturated rings. The fourth-order valence-electron chi connectivity index (χ4n) is 5.93. The van der Waals surface area contributed by atoms with Crippen LogP contribution in [0.25, 0.3) is 87.0 Å². The van der Waals surface area contributed by atoms with Gasteiger partial charge in [0.2, 0.25) is 0 Å². The summed E-state index contributed by atoms with van der Waals surface area (Å²) >= 11 is 3.31. The molecule has 0 bridgehead atoms. The summed E-state index contributed by atoms with van der Waals surface area (Å²) in [6.45, 7) is 0. The molecule has 5 aromatic carbocycles. The molecule has 0 amide bonds. The Hall–Kier alpha value is -5.30. The van der Waals surface area contributed by atoms with Crippen molar-refractivity contribution in [2.75, 3.05) is 0 Å². The molecule has 0 radical (unpaired) electrons. The molecule has 4 aromatic heterocycles. The maximum atomic E-state index is 5.03. The van der Waals surface area contributed by atoms with Crippen molar-refractivity contribution in [3.63, 3.8) is 0 Å². The molecule has 0 aliphatic heterocycles. The smallest absolute Gasteiger partial charge is 0.0812 e. The van der Waals surface area contributed by atoms with Gasteiger partial charge in [-0.3, -0.25) is 0 Å². The first kappa shape index (κ1) is 25.2. The van der Waals surface area contributed by atoms with Gasteiger partial charge in [0.15, 0.2) is 0 Å². The molecule has 206 valence electrons. The van der Waals surface area contributed by atoms with Crippen LogP contribution < -0.4 is 0 Å². The number of hydrogen-bond donors (Lipinski definition) is 0. The number of thiazole rings is 2. The molecule has 0 saturated heterocycles. The Bertz CT molecular complexity index is 2350. The van der Waals surface area contributed by atoms with Gasteiger partial charge in [0.25, 0.3) is 0 Å². The number of pyridine rings is 2. The predicted octanol–water partition coefficient (Wildman–Crippen LogP) is 10.7. The van der Waals surface area contributed by atoms with E-state index >= 15 is 0 Å². The molecule has 0 atom stereocenters. The first-order chi connectivity index (χ1) is 21.7. The Balaban J connectivity index is 1.05. The molecule has 0 saturated carbocycles. The van der Waals surface area contributed by atoms with Crippen LogP contribution in [0.3, 0.4) is 0 Å². The lowest BCUT2D eigenvalue weighted by molar-refractivity contribution is 1.33. The number of nitrogens with zero attached hydrogens (tertiary/aromatic N) is 4. The Kier molecular flexibility index (Phi) is 5.82. The van der Waals surface area contributed by atoms with Crippen LogP contribution in [0.5, 0.6) is 0 Å². The van der Waals surface area contributed by atoms with Gasteiger partial charge in [-0.25, -0.2) is 19.9 Å². The molecule has 9 aromatic rings. The zero-order valence-electron chi connectivity index (χ0n) is 23.3. The second kappa shape index (κ2) is 10.2. The average molecular weight is 599 g/mol. The molecule has 4 nitrogen and oxygen atoms in total. The van der Waals surface area contributed by atoms with Crippen LogP contribution in [-0.4, -0.2) is 19.9 Å². The van der Waals surface area contributed by atoms with Crippen molar-refractivity contribution in [1.82, 2.24) is 19.9 Å². The second-order valence-electron chi connectivity index (χ2n) is 10.8. The molecule has 6 heteroatoms. The van der Waals surface area contributed by atoms with E-state index in [0.29, 0.717) is 0 Å². The van der Waals surface area contributed by atoms with Crippen molar-refractivity contribution in [3.8, 4) is 45.0 Å². The van der Waals surface area contributed by atoms with Gasteiger partial charge < -0.3 is 0 Å². The molecular weight excluding hydrogens is 577 g/mol. The Morgan fingerprint density at radius 3 is 1.25 bits per heavy atom. The minimum absolute atomic E-state index is 0.963. The van der Waals surface area contributed by atoms with Gasteiger partial charge >= 0.3 is 0 Å². The molecule has 0 spiro atoms. The van der Waals surface area contributed by atoms with Crippen LogP contribution in [0.15, 0.2) is 132 Å². The van der Waals surface area contributed by atoms with E-state index < -0.39 is 0 Å². The predicted molar refractivity (Wildman–Crippen MR) is 185 cm³/mol. The Labute approximate surface area is 261 Å². The second-order valence-corrected chi connectivity index (χ2v) is 12.6. The third-order valence-electron chi connectivity index (χ3n) is 8.18. The third-order valence-corrected chi connectivity index (χ3v) is 9.76. The average Bonchev–Trinajstić information content (AvgIpc) is 3.77. The number of benzene rings is 5. The lowest BCUT2D eigenvalue weighted by Crippen LogP contribution is -1.89. The highest BCUT2D eigenvalue weighted by atomic mass is 32.1. The van der Waals surface area contributed by atoms with Crippen LogP contribution in [-0.2, 0) is 0 Å². The van der Waals surface area contributed by atoms with E-state index in [1.165, 1.54) is 30.9 Å². The maximum Gasteiger partial charge on any atom is 0.0812 e. The summed E-state index contributed by atoms with van der Waals surface area (Å²) in [5.74, 6) is 0. The van der Waals surface area contributed by atoms with Crippen LogP contribution in [0, 0.1) is 0 Å². The van der Waals surface area contributed by atoms with E-state index in [9.17, 15) is 0 Å². The number of hydrogen-bond acceptors (Lipinski definition) is 6. The number of rotatable bonds is 4. The van der Waals surface area contributed by atoms with E-state index in [-0.39, 0.29) is 0 Å². The van der Waals surface area contributed by atoms with Gasteiger partial charge in [-0.1, -0.05) is 60.7 Å². The molecule has 9 rings (SSSR count). The van der Waals surface area contributed by atoms with Crippen LogP contribution in [0.1, 0.15) is 0 Å². The van der Waals surface area contributed by atoms with E-state index in [1.54, 1.807) is 22.7 Å². The van der Waals surface area contributed by atoms with E-state index in [4.69, 9.17) is 9.97 Å². The molecule has 44 heavy (non-hydrogen) atoms. The minimum Gasteiger partial charge on any atom is -0.248 e. The van der Waals surface area contributed by atoms with Gasteiger partial charge in [0, 0.05) is 22.3 Å². The molecule has 4 heterocycles. The highest BCUT2D eigenvalue weighted by Gasteiger charge is 2.10. The summed E-state index contributed by atoms with van der Waals surface area (Å²) < 4.78 is 2.35. The van der Waals surface area contributed by atoms with Crippen LogP contribution >= 0.6 is 22.7 Å². The summed E-state index contributed by atoms with van der Waals surface area (Å²) in [7, 11) is 0. The molecule has 0 unspecified atom stereocenters. The van der Waals surface area contributed by atoms with Crippen molar-refractivity contribution in [2.45, 2.75) is 0 Å². The molecule has 0 aliphatic carbocycles. The Morgan fingerprint density at radius 1 is 0.386 bits per heavy atom. The van der Waals surface area contributed by atoms with Gasteiger partial charge in [0.1, 0.15) is 0 Å². The van der Waals surface area contributed by atoms with E-state index in [0.717, 1.165) is 56.1 Å². The van der Waals surface area contributed by atoms with Gasteiger partial charge in [-0.05, 0) is 82.2 Å². The first-order valence-corrected chi connectivity index (χ1v) is 16.1. The standard InChI is InChI=1S/C38H22N4S2/c1-3-31(41-33(5-1)27-11-15-35-37(19-27)43-21-39-35)25-9-13-29-23(17-25)7-8-24-18-26(10-14-30(24)29)32-4-2-6-34(42-32)28-12-16-36-38(20-28)44-22-40-36/h1-22H. The number of aromatic nitrogens is 4. The maximum absolute atomic E-state index is 5.03. The molecule has 0 N–H and O–H groups in total. The normalized spacial score (nSPS) is 11.6. The number of fused-ring (bicyclic) bond motifs is 5. The first-order valence-electron chi connectivity index (χ1n) is 14.3. The van der Waals surface area contributed by atoms with Crippen LogP contribution in [0.2, 0.25) is 0 Å². The van der Waals surface area contributed by atoms with Crippen molar-refractivity contribution in [3.05, 3.63) is 132 Å². The molecular formula is C38H22N4S2. The summed E-state index contributed by atoms with van der Waals surface area (Å²) in [4.78, 5) is 18.9. The van der Waals surface area contributed by atoms with Crippen molar-refractivity contribution >= 4 is 64.7 Å².